The first-order valence-corrected chi connectivity index (χ1v) is 5.00. The molecule has 0 fully saturated rings. The molecule has 1 heterocycles. The number of benzene rings is 1. The average molecular weight is 259 g/mol. The van der Waals surface area contributed by atoms with Gasteiger partial charge in [-0.1, -0.05) is 23.7 Å². The van der Waals surface area contributed by atoms with E-state index in [9.17, 15) is 13.2 Å². The van der Waals surface area contributed by atoms with Gasteiger partial charge in [-0.15, -0.1) is 0 Å². The van der Waals surface area contributed by atoms with Crippen LogP contribution in [0.5, 0.6) is 0 Å². The van der Waals surface area contributed by atoms with Crippen LogP contribution in [0.4, 0.5) is 13.2 Å². The minimum absolute atomic E-state index is 0.509. The zero-order valence-corrected chi connectivity index (χ0v) is 9.13. The normalized spacial score (nSPS) is 11.5. The predicted molar refractivity (Wildman–Crippen MR) is 57.5 cm³/mol. The highest BCUT2D eigenvalue weighted by Crippen LogP contribution is 2.27. The molecule has 0 saturated carbocycles. The van der Waals surface area contributed by atoms with Crippen molar-refractivity contribution in [1.29, 1.82) is 0 Å². The summed E-state index contributed by atoms with van der Waals surface area (Å²) in [7, 11) is 0. The molecule has 0 aliphatic heterocycles. The van der Waals surface area contributed by atoms with E-state index in [1.807, 2.05) is 0 Å². The first kappa shape index (κ1) is 11.9. The molecule has 0 unspecified atom stereocenters. The SMILES string of the molecule is FC(F)(F)c1ncc(-c2ccc(Cl)cc2)cn1. The summed E-state index contributed by atoms with van der Waals surface area (Å²) in [6.45, 7) is 0. The molecule has 1 aromatic carbocycles. The summed E-state index contributed by atoms with van der Waals surface area (Å²) < 4.78 is 36.7. The van der Waals surface area contributed by atoms with Gasteiger partial charge in [0.05, 0.1) is 0 Å². The van der Waals surface area contributed by atoms with Gasteiger partial charge in [0.2, 0.25) is 5.82 Å². The van der Waals surface area contributed by atoms with E-state index in [2.05, 4.69) is 9.97 Å². The standard InChI is InChI=1S/C11H6ClF3N2/c12-9-3-1-7(2-4-9)8-5-16-10(17-6-8)11(13,14)15/h1-6H. The molecule has 0 amide bonds. The summed E-state index contributed by atoms with van der Waals surface area (Å²) in [6.07, 6.45) is -2.24. The van der Waals surface area contributed by atoms with E-state index in [1.165, 1.54) is 0 Å². The van der Waals surface area contributed by atoms with Crippen molar-refractivity contribution < 1.29 is 13.2 Å². The van der Waals surface area contributed by atoms with Gasteiger partial charge in [-0.05, 0) is 17.7 Å². The second-order valence-electron chi connectivity index (χ2n) is 3.30. The third-order valence-electron chi connectivity index (χ3n) is 2.08. The van der Waals surface area contributed by atoms with Crippen molar-refractivity contribution in [3.8, 4) is 11.1 Å². The fraction of sp³-hybridized carbons (Fsp3) is 0.0909. The Balaban J connectivity index is 2.33. The summed E-state index contributed by atoms with van der Waals surface area (Å²) in [5.74, 6) is -1.14. The van der Waals surface area contributed by atoms with Gasteiger partial charge in [-0.2, -0.15) is 13.2 Å². The van der Waals surface area contributed by atoms with Gasteiger partial charge >= 0.3 is 6.18 Å². The zero-order valence-electron chi connectivity index (χ0n) is 8.37. The molecule has 0 bridgehead atoms. The lowest BCUT2D eigenvalue weighted by atomic mass is 10.1. The van der Waals surface area contributed by atoms with Crippen molar-refractivity contribution in [2.75, 3.05) is 0 Å². The number of hydrogen-bond donors (Lipinski definition) is 0. The van der Waals surface area contributed by atoms with Crippen molar-refractivity contribution in [3.05, 3.63) is 47.5 Å². The fourth-order valence-electron chi connectivity index (χ4n) is 1.27. The number of halogens is 4. The molecule has 2 rings (SSSR count). The Morgan fingerprint density at radius 3 is 1.88 bits per heavy atom. The van der Waals surface area contributed by atoms with Gasteiger partial charge in [0, 0.05) is 23.0 Å². The maximum absolute atomic E-state index is 12.2. The number of hydrogen-bond acceptors (Lipinski definition) is 2. The van der Waals surface area contributed by atoms with Gasteiger partial charge in [-0.3, -0.25) is 0 Å². The number of rotatable bonds is 1. The van der Waals surface area contributed by atoms with E-state index >= 15 is 0 Å². The molecule has 2 nitrogen and oxygen atoms in total. The summed E-state index contributed by atoms with van der Waals surface area (Å²) >= 11 is 5.70. The Kier molecular flexibility index (Phi) is 3.02. The molecule has 6 heteroatoms. The first-order valence-electron chi connectivity index (χ1n) is 4.62. The van der Waals surface area contributed by atoms with Crippen LogP contribution in [-0.4, -0.2) is 9.97 Å². The van der Waals surface area contributed by atoms with Crippen LogP contribution in [0, 0.1) is 0 Å². The second kappa shape index (κ2) is 4.33. The molecule has 1 aromatic heterocycles. The Morgan fingerprint density at radius 2 is 1.41 bits per heavy atom. The summed E-state index contributed by atoms with van der Waals surface area (Å²) in [5, 5.41) is 0.557. The van der Waals surface area contributed by atoms with Crippen LogP contribution in [0.3, 0.4) is 0 Å². The molecule has 0 aliphatic rings. The number of alkyl halides is 3. The van der Waals surface area contributed by atoms with Gasteiger partial charge in [-0.25, -0.2) is 9.97 Å². The molecule has 0 spiro atoms. The minimum Gasteiger partial charge on any atom is -0.232 e. The highest BCUT2D eigenvalue weighted by Gasteiger charge is 2.34. The molecular weight excluding hydrogens is 253 g/mol. The van der Waals surface area contributed by atoms with Gasteiger partial charge < -0.3 is 0 Å². The van der Waals surface area contributed by atoms with Gasteiger partial charge in [0.15, 0.2) is 0 Å². The smallest absolute Gasteiger partial charge is 0.232 e. The first-order chi connectivity index (χ1) is 7.97. The van der Waals surface area contributed by atoms with E-state index in [-0.39, 0.29) is 0 Å². The quantitative estimate of drug-likeness (QED) is 0.777. The molecule has 17 heavy (non-hydrogen) atoms. The van der Waals surface area contributed by atoms with E-state index in [4.69, 9.17) is 11.6 Å². The number of nitrogens with zero attached hydrogens (tertiary/aromatic N) is 2. The average Bonchev–Trinajstić information content (AvgIpc) is 2.29. The lowest BCUT2D eigenvalue weighted by Gasteiger charge is -2.05. The van der Waals surface area contributed by atoms with Crippen LogP contribution in [-0.2, 0) is 6.18 Å². The monoisotopic (exact) mass is 258 g/mol. The topological polar surface area (TPSA) is 25.8 Å². The lowest BCUT2D eigenvalue weighted by Crippen LogP contribution is -2.10. The molecule has 0 radical (unpaired) electrons. The fourth-order valence-corrected chi connectivity index (χ4v) is 1.39. The van der Waals surface area contributed by atoms with E-state index in [0.717, 1.165) is 12.4 Å². The highest BCUT2D eigenvalue weighted by atomic mass is 35.5. The van der Waals surface area contributed by atoms with Crippen molar-refractivity contribution in [1.82, 2.24) is 9.97 Å². The maximum atomic E-state index is 12.2. The van der Waals surface area contributed by atoms with Crippen molar-refractivity contribution in [2.45, 2.75) is 6.18 Å². The molecule has 0 saturated heterocycles. The molecule has 0 N–H and O–H groups in total. The van der Waals surface area contributed by atoms with Gasteiger partial charge in [0.25, 0.3) is 0 Å². The largest absolute Gasteiger partial charge is 0.451 e. The molecule has 88 valence electrons. The van der Waals surface area contributed by atoms with Crippen molar-refractivity contribution >= 4 is 11.6 Å². The Labute approximate surface area is 100 Å². The second-order valence-corrected chi connectivity index (χ2v) is 3.74. The third-order valence-corrected chi connectivity index (χ3v) is 2.33. The van der Waals surface area contributed by atoms with Crippen LogP contribution in [0.2, 0.25) is 5.02 Å². The zero-order chi connectivity index (χ0) is 12.5. The summed E-state index contributed by atoms with van der Waals surface area (Å²) in [5.41, 5.74) is 1.22. The van der Waals surface area contributed by atoms with E-state index in [1.54, 1.807) is 24.3 Å². The maximum Gasteiger partial charge on any atom is 0.451 e. The summed E-state index contributed by atoms with van der Waals surface area (Å²) in [4.78, 5) is 6.56. The Hall–Kier alpha value is -1.62. The van der Waals surface area contributed by atoms with Crippen molar-refractivity contribution in [2.24, 2.45) is 0 Å². The Bertz CT molecular complexity index is 506. The molecule has 0 aliphatic carbocycles. The highest BCUT2D eigenvalue weighted by molar-refractivity contribution is 6.30. The third kappa shape index (κ3) is 2.74. The lowest BCUT2D eigenvalue weighted by molar-refractivity contribution is -0.144. The predicted octanol–water partition coefficient (Wildman–Crippen LogP) is 3.82. The van der Waals surface area contributed by atoms with E-state index in [0.29, 0.717) is 16.1 Å². The van der Waals surface area contributed by atoms with Crippen LogP contribution in [0.1, 0.15) is 5.82 Å². The molecule has 0 atom stereocenters. The Morgan fingerprint density at radius 1 is 0.882 bits per heavy atom. The minimum atomic E-state index is -4.52. The molecular formula is C11H6ClF3N2. The van der Waals surface area contributed by atoms with Gasteiger partial charge in [0.1, 0.15) is 0 Å². The molecule has 2 aromatic rings. The summed E-state index contributed by atoms with van der Waals surface area (Å²) in [6, 6.07) is 6.67. The van der Waals surface area contributed by atoms with Crippen molar-refractivity contribution in [3.63, 3.8) is 0 Å². The van der Waals surface area contributed by atoms with Crippen LogP contribution in [0.25, 0.3) is 11.1 Å². The van der Waals surface area contributed by atoms with Crippen LogP contribution in [0.15, 0.2) is 36.7 Å². The number of aromatic nitrogens is 2. The van der Waals surface area contributed by atoms with Crippen LogP contribution >= 0.6 is 11.6 Å². The van der Waals surface area contributed by atoms with E-state index < -0.39 is 12.0 Å². The van der Waals surface area contributed by atoms with Crippen LogP contribution < -0.4 is 0 Å².